The minimum absolute atomic E-state index is 0.1000. The summed E-state index contributed by atoms with van der Waals surface area (Å²) in [6.07, 6.45) is 9.35. The Kier molecular flexibility index (Phi) is 16.2. The summed E-state index contributed by atoms with van der Waals surface area (Å²) in [5, 5.41) is 7.93. The van der Waals surface area contributed by atoms with Gasteiger partial charge in [-0.2, -0.15) is 0 Å². The van der Waals surface area contributed by atoms with Gasteiger partial charge in [-0.25, -0.2) is 9.97 Å². The number of rotatable bonds is 19. The lowest BCUT2D eigenvalue weighted by Crippen LogP contribution is -2.42. The van der Waals surface area contributed by atoms with Crippen LogP contribution in [0.4, 0.5) is 0 Å². The fourth-order valence-corrected chi connectivity index (χ4v) is 11.3. The molecule has 4 atom stereocenters. The van der Waals surface area contributed by atoms with Crippen LogP contribution in [-0.4, -0.2) is 108 Å². The van der Waals surface area contributed by atoms with E-state index in [1.54, 1.807) is 22.7 Å². The smallest absolute Gasteiger partial charge is 0.250 e. The molecule has 0 aliphatic carbocycles. The van der Waals surface area contributed by atoms with Crippen LogP contribution >= 0.6 is 22.7 Å². The van der Waals surface area contributed by atoms with Gasteiger partial charge in [0, 0.05) is 38.3 Å². The number of aromatic nitrogens is 2. The minimum atomic E-state index is -0.756. The number of benzene rings is 4. The van der Waals surface area contributed by atoms with Crippen molar-refractivity contribution in [2.75, 3.05) is 54.4 Å². The van der Waals surface area contributed by atoms with Crippen molar-refractivity contribution in [3.05, 3.63) is 143 Å². The maximum atomic E-state index is 14.3. The summed E-state index contributed by atoms with van der Waals surface area (Å²) in [6, 6.07) is 34.3. The molecule has 4 aromatic carbocycles. The van der Waals surface area contributed by atoms with E-state index >= 15 is 0 Å². The highest BCUT2D eigenvalue weighted by Crippen LogP contribution is 2.41. The standard InChI is InChI=1S/C54H62N8O4S2/c1-59(2)31-13-21-47(63)57-49(41-15-7-5-8-16-41)53(65)61-33-11-19-43(61)51-55-35-45(67-51)39-27-23-37(24-28-39)38-25-29-40(30-26-38)46-36-56-52(68-46)44-20-12-34-62(44)54(66)50(42-17-9-6-10-18-42)58-48(64)22-14-32-60(3)4/h5-10,15-18,23-30,35-36,43-44,49-50H,11-14,19-22,31-34H2,1-4H3,(H,57,63)(H,58,64)/t43-,44-,49+,50+/m0/s1. The van der Waals surface area contributed by atoms with Crippen LogP contribution in [0, 0.1) is 0 Å². The number of amides is 4. The van der Waals surface area contributed by atoms with Crippen LogP contribution in [0.1, 0.15) is 96.7 Å². The van der Waals surface area contributed by atoms with Crippen LogP contribution < -0.4 is 10.6 Å². The maximum Gasteiger partial charge on any atom is 0.250 e. The summed E-state index contributed by atoms with van der Waals surface area (Å²) >= 11 is 3.24. The van der Waals surface area contributed by atoms with Gasteiger partial charge in [0.25, 0.3) is 0 Å². The lowest BCUT2D eigenvalue weighted by Gasteiger charge is -2.28. The summed E-state index contributed by atoms with van der Waals surface area (Å²) in [5.74, 6) is -0.448. The number of thiazole rings is 2. The van der Waals surface area contributed by atoms with E-state index in [1.165, 1.54) is 0 Å². The second-order valence-electron chi connectivity index (χ2n) is 18.3. The van der Waals surface area contributed by atoms with E-state index in [-0.39, 0.29) is 35.7 Å². The van der Waals surface area contributed by atoms with Gasteiger partial charge in [-0.3, -0.25) is 19.2 Å². The van der Waals surface area contributed by atoms with Crippen molar-refractivity contribution in [1.82, 2.24) is 40.2 Å². The van der Waals surface area contributed by atoms with Crippen LogP contribution in [0.5, 0.6) is 0 Å². The van der Waals surface area contributed by atoms with E-state index in [4.69, 9.17) is 9.97 Å². The molecular formula is C54H62N8O4S2. The summed E-state index contributed by atoms with van der Waals surface area (Å²) < 4.78 is 0. The molecule has 0 unspecified atom stereocenters. The quantitative estimate of drug-likeness (QED) is 0.0822. The number of carbonyl (C=O) groups is 4. The molecule has 6 aromatic rings. The molecule has 2 N–H and O–H groups in total. The van der Waals surface area contributed by atoms with Crippen molar-refractivity contribution in [1.29, 1.82) is 0 Å². The van der Waals surface area contributed by atoms with Crippen molar-refractivity contribution in [3.8, 4) is 32.0 Å². The maximum absolute atomic E-state index is 14.3. The highest BCUT2D eigenvalue weighted by molar-refractivity contribution is 7.15. The van der Waals surface area contributed by atoms with Gasteiger partial charge in [0.05, 0.1) is 21.8 Å². The molecular weight excluding hydrogens is 889 g/mol. The number of nitrogens with zero attached hydrogens (tertiary/aromatic N) is 6. The number of likely N-dealkylation sites (tertiary alicyclic amines) is 2. The number of nitrogens with one attached hydrogen (secondary N) is 2. The van der Waals surface area contributed by atoms with Crippen LogP contribution in [0.3, 0.4) is 0 Å². The molecule has 4 heterocycles. The Morgan fingerprint density at radius 1 is 0.559 bits per heavy atom. The Morgan fingerprint density at radius 3 is 1.29 bits per heavy atom. The summed E-state index contributed by atoms with van der Waals surface area (Å²) in [6.45, 7) is 2.84. The Labute approximate surface area is 408 Å². The summed E-state index contributed by atoms with van der Waals surface area (Å²) in [4.78, 5) is 74.4. The van der Waals surface area contributed by atoms with E-state index in [0.717, 1.165) is 105 Å². The second-order valence-corrected chi connectivity index (χ2v) is 20.4. The average molecular weight is 951 g/mol. The molecule has 2 aromatic heterocycles. The SMILES string of the molecule is CN(C)CCCC(=O)N[C@@H](C(=O)N1CCC[C@H]1c1ncc(-c2ccc(-c3ccc(-c4cnc([C@@H]5CCCN5C(=O)[C@H](NC(=O)CCCN(C)C)c5ccccc5)s4)cc3)cc2)s1)c1ccccc1. The fraction of sp³-hybridized carbons (Fsp3) is 0.370. The topological polar surface area (TPSA) is 131 Å². The number of carbonyl (C=O) groups excluding carboxylic acids is 4. The molecule has 12 nitrogen and oxygen atoms in total. The first-order valence-electron chi connectivity index (χ1n) is 23.7. The molecule has 68 heavy (non-hydrogen) atoms. The third kappa shape index (κ3) is 12.0. The van der Waals surface area contributed by atoms with Crippen LogP contribution in [0.15, 0.2) is 122 Å². The predicted molar refractivity (Wildman–Crippen MR) is 272 cm³/mol. The monoisotopic (exact) mass is 950 g/mol. The average Bonchev–Trinajstić information content (AvgIpc) is 4.20. The van der Waals surface area contributed by atoms with Crippen molar-refractivity contribution < 1.29 is 19.2 Å². The first-order valence-corrected chi connectivity index (χ1v) is 25.4. The summed E-state index contributed by atoms with van der Waals surface area (Å²) in [7, 11) is 7.95. The van der Waals surface area contributed by atoms with Crippen molar-refractivity contribution in [3.63, 3.8) is 0 Å². The van der Waals surface area contributed by atoms with E-state index in [0.29, 0.717) is 25.9 Å². The van der Waals surface area contributed by atoms with E-state index in [1.807, 2.05) is 111 Å². The van der Waals surface area contributed by atoms with Gasteiger partial charge < -0.3 is 30.2 Å². The highest BCUT2D eigenvalue weighted by Gasteiger charge is 2.38. The first kappa shape index (κ1) is 48.4. The van der Waals surface area contributed by atoms with E-state index in [2.05, 4.69) is 69.0 Å². The fourth-order valence-electron chi connectivity index (χ4n) is 9.15. The zero-order valence-electron chi connectivity index (χ0n) is 39.5. The van der Waals surface area contributed by atoms with E-state index < -0.39 is 12.1 Å². The van der Waals surface area contributed by atoms with Crippen LogP contribution in [-0.2, 0) is 19.2 Å². The molecule has 2 fully saturated rings. The Balaban J connectivity index is 0.905. The van der Waals surface area contributed by atoms with Gasteiger partial charge in [-0.1, -0.05) is 109 Å². The van der Waals surface area contributed by atoms with Gasteiger partial charge in [-0.15, -0.1) is 22.7 Å². The second kappa shape index (κ2) is 22.8. The molecule has 2 saturated heterocycles. The zero-order valence-corrected chi connectivity index (χ0v) is 41.1. The highest BCUT2D eigenvalue weighted by atomic mass is 32.1. The van der Waals surface area contributed by atoms with Gasteiger partial charge >= 0.3 is 0 Å². The van der Waals surface area contributed by atoms with Gasteiger partial charge in [0.1, 0.15) is 22.1 Å². The largest absolute Gasteiger partial charge is 0.341 e. The molecule has 0 saturated carbocycles. The normalized spacial score (nSPS) is 16.9. The molecule has 0 radical (unpaired) electrons. The Morgan fingerprint density at radius 2 is 0.926 bits per heavy atom. The molecule has 2 aliphatic rings. The van der Waals surface area contributed by atoms with Crippen molar-refractivity contribution in [2.45, 2.75) is 75.5 Å². The Hall–Kier alpha value is -6.06. The minimum Gasteiger partial charge on any atom is -0.341 e. The molecule has 0 bridgehead atoms. The molecule has 0 spiro atoms. The molecule has 354 valence electrons. The van der Waals surface area contributed by atoms with Crippen molar-refractivity contribution in [2.24, 2.45) is 0 Å². The summed E-state index contributed by atoms with van der Waals surface area (Å²) in [5.41, 5.74) is 5.87. The molecule has 8 rings (SSSR count). The van der Waals surface area contributed by atoms with Crippen LogP contribution in [0.2, 0.25) is 0 Å². The van der Waals surface area contributed by atoms with Gasteiger partial charge in [0.2, 0.25) is 23.6 Å². The zero-order chi connectivity index (χ0) is 47.6. The molecule has 14 heteroatoms. The molecule has 4 amide bonds. The lowest BCUT2D eigenvalue weighted by atomic mass is 10.0. The number of hydrogen-bond acceptors (Lipinski definition) is 10. The first-order chi connectivity index (χ1) is 33.0. The van der Waals surface area contributed by atoms with Crippen LogP contribution in [0.25, 0.3) is 32.0 Å². The number of hydrogen-bond donors (Lipinski definition) is 2. The van der Waals surface area contributed by atoms with Gasteiger partial charge in [0.15, 0.2) is 0 Å². The van der Waals surface area contributed by atoms with Gasteiger partial charge in [-0.05, 0) is 113 Å². The molecule has 2 aliphatic heterocycles. The van der Waals surface area contributed by atoms with Crippen molar-refractivity contribution >= 4 is 46.3 Å². The third-order valence-corrected chi connectivity index (χ3v) is 15.0. The lowest BCUT2D eigenvalue weighted by molar-refractivity contribution is -0.137. The predicted octanol–water partition coefficient (Wildman–Crippen LogP) is 9.33. The Bertz CT molecular complexity index is 2440. The van der Waals surface area contributed by atoms with E-state index in [9.17, 15) is 19.2 Å². The third-order valence-electron chi connectivity index (χ3n) is 12.7.